The predicted molar refractivity (Wildman–Crippen MR) is 101 cm³/mol. The summed E-state index contributed by atoms with van der Waals surface area (Å²) in [4.78, 5) is 37.6. The highest BCUT2D eigenvalue weighted by atomic mass is 32.1. The largest absolute Gasteiger partial charge is 0.467 e. The summed E-state index contributed by atoms with van der Waals surface area (Å²) in [6, 6.07) is 14.4. The molecule has 7 nitrogen and oxygen atoms in total. The van der Waals surface area contributed by atoms with E-state index in [1.54, 1.807) is 24.3 Å². The number of nitriles is 1. The van der Waals surface area contributed by atoms with E-state index in [2.05, 4.69) is 10.6 Å². The molecule has 0 bridgehead atoms. The van der Waals surface area contributed by atoms with Crippen LogP contribution in [0.1, 0.15) is 16.8 Å². The summed E-state index contributed by atoms with van der Waals surface area (Å²) in [5.74, 6) is -3.55. The zero-order valence-electron chi connectivity index (χ0n) is 14.3. The van der Waals surface area contributed by atoms with E-state index in [-0.39, 0.29) is 5.11 Å². The van der Waals surface area contributed by atoms with Gasteiger partial charge in [0.1, 0.15) is 0 Å². The first-order chi connectivity index (χ1) is 12.9. The second-order valence-corrected chi connectivity index (χ2v) is 6.54. The standard InChI is InChI=1S/C19H15N3O4S/c1-26-17(25)19(14(10-20)16(24)21-18(27)22-19)9-15(23)13-7-6-11-4-2-3-5-12(11)8-13/h2-8,14H,9H2,1H3,(H2,21,22,24,27)/t14-,19-/m1/s1. The Morgan fingerprint density at radius 2 is 1.96 bits per heavy atom. The van der Waals surface area contributed by atoms with Crippen molar-refractivity contribution in [3.63, 3.8) is 0 Å². The van der Waals surface area contributed by atoms with Crippen molar-refractivity contribution in [3.05, 3.63) is 48.0 Å². The van der Waals surface area contributed by atoms with Crippen LogP contribution in [0.3, 0.4) is 0 Å². The number of fused-ring (bicyclic) bond motifs is 1. The summed E-state index contributed by atoms with van der Waals surface area (Å²) < 4.78 is 4.78. The van der Waals surface area contributed by atoms with Crippen LogP contribution in [0.2, 0.25) is 0 Å². The Hall–Kier alpha value is -3.31. The van der Waals surface area contributed by atoms with Crippen LogP contribution in [0.25, 0.3) is 10.8 Å². The monoisotopic (exact) mass is 381 g/mol. The zero-order valence-corrected chi connectivity index (χ0v) is 15.1. The summed E-state index contributed by atoms with van der Waals surface area (Å²) in [6.45, 7) is 0. The predicted octanol–water partition coefficient (Wildman–Crippen LogP) is 1.47. The van der Waals surface area contributed by atoms with Gasteiger partial charge in [-0.1, -0.05) is 36.4 Å². The number of carbonyl (C=O) groups excluding carboxylic acids is 3. The van der Waals surface area contributed by atoms with Gasteiger partial charge in [-0.05, 0) is 29.1 Å². The maximum Gasteiger partial charge on any atom is 0.334 e. The van der Waals surface area contributed by atoms with Crippen LogP contribution >= 0.6 is 12.2 Å². The molecular formula is C19H15N3O4S. The van der Waals surface area contributed by atoms with Gasteiger partial charge in [-0.2, -0.15) is 5.26 Å². The molecule has 0 unspecified atom stereocenters. The maximum absolute atomic E-state index is 12.9. The lowest BCUT2D eigenvalue weighted by Crippen LogP contribution is -2.70. The molecule has 27 heavy (non-hydrogen) atoms. The van der Waals surface area contributed by atoms with E-state index < -0.39 is 35.5 Å². The number of esters is 1. The van der Waals surface area contributed by atoms with Gasteiger partial charge in [0.05, 0.1) is 13.2 Å². The molecule has 1 aliphatic rings. The smallest absolute Gasteiger partial charge is 0.334 e. The SMILES string of the molecule is COC(=O)[C@]1(CC(=O)c2ccc3ccccc3c2)NC(=S)NC(=O)[C@H]1C#N. The Bertz CT molecular complexity index is 1010. The molecule has 0 saturated carbocycles. The summed E-state index contributed by atoms with van der Waals surface area (Å²) in [7, 11) is 1.12. The van der Waals surface area contributed by atoms with E-state index in [4.69, 9.17) is 17.0 Å². The fourth-order valence-electron chi connectivity index (χ4n) is 3.17. The van der Waals surface area contributed by atoms with E-state index in [1.165, 1.54) is 0 Å². The summed E-state index contributed by atoms with van der Waals surface area (Å²) in [6.07, 6.45) is -0.455. The summed E-state index contributed by atoms with van der Waals surface area (Å²) in [5, 5.41) is 16.0. The molecule has 1 heterocycles. The molecule has 2 aromatic carbocycles. The highest BCUT2D eigenvalue weighted by molar-refractivity contribution is 7.80. The molecule has 0 radical (unpaired) electrons. The Morgan fingerprint density at radius 3 is 2.63 bits per heavy atom. The normalized spacial score (nSPS) is 21.7. The van der Waals surface area contributed by atoms with E-state index >= 15 is 0 Å². The van der Waals surface area contributed by atoms with Crippen molar-refractivity contribution in [2.24, 2.45) is 5.92 Å². The van der Waals surface area contributed by atoms with Gasteiger partial charge >= 0.3 is 5.97 Å². The van der Waals surface area contributed by atoms with Gasteiger partial charge in [0.2, 0.25) is 5.91 Å². The third kappa shape index (κ3) is 3.25. The van der Waals surface area contributed by atoms with Crippen molar-refractivity contribution in [1.29, 1.82) is 5.26 Å². The number of nitrogens with zero attached hydrogens (tertiary/aromatic N) is 1. The number of thiocarbonyl (C=S) groups is 1. The number of carbonyl (C=O) groups is 3. The van der Waals surface area contributed by atoms with Crippen molar-refractivity contribution < 1.29 is 19.1 Å². The molecule has 8 heteroatoms. The zero-order chi connectivity index (χ0) is 19.6. The maximum atomic E-state index is 12.9. The van der Waals surface area contributed by atoms with Gasteiger partial charge in [-0.15, -0.1) is 0 Å². The van der Waals surface area contributed by atoms with Crippen molar-refractivity contribution in [2.45, 2.75) is 12.0 Å². The summed E-state index contributed by atoms with van der Waals surface area (Å²) >= 11 is 4.96. The molecule has 3 rings (SSSR count). The molecule has 1 saturated heterocycles. The molecule has 0 aliphatic carbocycles. The minimum absolute atomic E-state index is 0.136. The van der Waals surface area contributed by atoms with Crippen LogP contribution in [0.15, 0.2) is 42.5 Å². The van der Waals surface area contributed by atoms with Crippen molar-refractivity contribution in [2.75, 3.05) is 7.11 Å². The fourth-order valence-corrected chi connectivity index (χ4v) is 3.45. The molecule has 2 atom stereocenters. The molecule has 136 valence electrons. The number of amides is 1. The number of methoxy groups -OCH3 is 1. The van der Waals surface area contributed by atoms with Gasteiger partial charge in [0.25, 0.3) is 0 Å². The van der Waals surface area contributed by atoms with Gasteiger partial charge in [-0.25, -0.2) is 4.79 Å². The number of ether oxygens (including phenoxy) is 1. The Balaban J connectivity index is 2.02. The molecule has 1 amide bonds. The lowest BCUT2D eigenvalue weighted by atomic mass is 9.77. The van der Waals surface area contributed by atoms with Gasteiger partial charge < -0.3 is 15.4 Å². The lowest BCUT2D eigenvalue weighted by molar-refractivity contribution is -0.152. The first-order valence-corrected chi connectivity index (χ1v) is 8.45. The van der Waals surface area contributed by atoms with Gasteiger partial charge in [0.15, 0.2) is 22.4 Å². The second-order valence-electron chi connectivity index (χ2n) is 6.13. The number of benzene rings is 2. The molecule has 2 aromatic rings. The molecular weight excluding hydrogens is 366 g/mol. The highest BCUT2D eigenvalue weighted by Crippen LogP contribution is 2.29. The van der Waals surface area contributed by atoms with Crippen LogP contribution < -0.4 is 10.6 Å². The van der Waals surface area contributed by atoms with Crippen molar-refractivity contribution in [1.82, 2.24) is 10.6 Å². The van der Waals surface area contributed by atoms with Gasteiger partial charge in [-0.3, -0.25) is 9.59 Å². The number of nitrogens with one attached hydrogen (secondary N) is 2. The third-order valence-corrected chi connectivity index (χ3v) is 4.72. The van der Waals surface area contributed by atoms with E-state index in [9.17, 15) is 19.6 Å². The third-order valence-electron chi connectivity index (χ3n) is 4.52. The van der Waals surface area contributed by atoms with Crippen molar-refractivity contribution in [3.8, 4) is 6.07 Å². The van der Waals surface area contributed by atoms with Crippen molar-refractivity contribution >= 4 is 45.8 Å². The van der Waals surface area contributed by atoms with E-state index in [1.807, 2.05) is 24.3 Å². The number of Topliss-reactive ketones (excluding diaryl/α,β-unsaturated/α-hetero) is 1. The van der Waals surface area contributed by atoms with Crippen LogP contribution in [0, 0.1) is 17.2 Å². The average molecular weight is 381 g/mol. The van der Waals surface area contributed by atoms with Crippen LogP contribution in [-0.4, -0.2) is 35.4 Å². The molecule has 2 N–H and O–H groups in total. The number of ketones is 1. The van der Waals surface area contributed by atoms with Crippen LogP contribution in [0.4, 0.5) is 0 Å². The first kappa shape index (κ1) is 18.5. The fraction of sp³-hybridized carbons (Fsp3) is 0.211. The number of hydrogen-bond donors (Lipinski definition) is 2. The highest BCUT2D eigenvalue weighted by Gasteiger charge is 2.55. The number of hydrogen-bond acceptors (Lipinski definition) is 6. The second kappa shape index (κ2) is 7.13. The molecule has 1 fully saturated rings. The van der Waals surface area contributed by atoms with Gasteiger partial charge in [0, 0.05) is 12.0 Å². The average Bonchev–Trinajstić information content (AvgIpc) is 2.66. The quantitative estimate of drug-likeness (QED) is 0.469. The molecule has 1 aliphatic heterocycles. The Morgan fingerprint density at radius 1 is 1.26 bits per heavy atom. The number of rotatable bonds is 4. The molecule has 0 spiro atoms. The molecule has 0 aromatic heterocycles. The van der Waals surface area contributed by atoms with Crippen LogP contribution in [-0.2, 0) is 14.3 Å². The van der Waals surface area contributed by atoms with E-state index in [0.717, 1.165) is 17.9 Å². The van der Waals surface area contributed by atoms with Crippen LogP contribution in [0.5, 0.6) is 0 Å². The van der Waals surface area contributed by atoms with E-state index in [0.29, 0.717) is 5.56 Å². The lowest BCUT2D eigenvalue weighted by Gasteiger charge is -2.38. The first-order valence-electron chi connectivity index (χ1n) is 8.04. The Kier molecular flexibility index (Phi) is 4.88. The Labute approximate surface area is 160 Å². The minimum Gasteiger partial charge on any atom is -0.467 e. The minimum atomic E-state index is -1.88. The topological polar surface area (TPSA) is 108 Å². The summed E-state index contributed by atoms with van der Waals surface area (Å²) in [5.41, 5.74) is -1.53.